The lowest BCUT2D eigenvalue weighted by Gasteiger charge is -2.50. The molecule has 1 atom stereocenters. The van der Waals surface area contributed by atoms with E-state index in [-0.39, 0.29) is 5.54 Å². The second-order valence-corrected chi connectivity index (χ2v) is 4.66. The number of nitrogens with two attached hydrogens (primary N) is 1. The van der Waals surface area contributed by atoms with Gasteiger partial charge < -0.3 is 15.2 Å². The van der Waals surface area contributed by atoms with E-state index in [2.05, 4.69) is 11.8 Å². The molecule has 1 unspecified atom stereocenters. The van der Waals surface area contributed by atoms with Crippen LogP contribution in [0.15, 0.2) is 0 Å². The Morgan fingerprint density at radius 3 is 2.60 bits per heavy atom. The highest BCUT2D eigenvalue weighted by molar-refractivity contribution is 4.96. The van der Waals surface area contributed by atoms with Crippen molar-refractivity contribution in [3.05, 3.63) is 0 Å². The summed E-state index contributed by atoms with van der Waals surface area (Å²) in [4.78, 5) is 2.54. The van der Waals surface area contributed by atoms with Crippen LogP contribution in [0.4, 0.5) is 0 Å². The van der Waals surface area contributed by atoms with Gasteiger partial charge in [0.2, 0.25) is 0 Å². The van der Waals surface area contributed by atoms with Gasteiger partial charge in [0.05, 0.1) is 13.2 Å². The number of hydrogen-bond acceptors (Lipinski definition) is 4. The van der Waals surface area contributed by atoms with Crippen LogP contribution >= 0.6 is 0 Å². The smallest absolute Gasteiger partial charge is 0.0620 e. The van der Waals surface area contributed by atoms with E-state index in [1.165, 1.54) is 0 Å². The Balaban J connectivity index is 2.08. The van der Waals surface area contributed by atoms with Crippen LogP contribution < -0.4 is 5.73 Å². The van der Waals surface area contributed by atoms with E-state index in [0.29, 0.717) is 6.04 Å². The van der Waals surface area contributed by atoms with Gasteiger partial charge in [-0.15, -0.1) is 0 Å². The van der Waals surface area contributed by atoms with Gasteiger partial charge in [-0.1, -0.05) is 0 Å². The zero-order chi connectivity index (χ0) is 10.7. The van der Waals surface area contributed by atoms with Crippen molar-refractivity contribution in [3.8, 4) is 0 Å². The van der Waals surface area contributed by atoms with Crippen molar-refractivity contribution in [2.75, 3.05) is 39.5 Å². The van der Waals surface area contributed by atoms with Gasteiger partial charge in [-0.3, -0.25) is 4.90 Å². The molecule has 2 fully saturated rings. The molecule has 0 spiro atoms. The van der Waals surface area contributed by atoms with E-state index in [1.54, 1.807) is 0 Å². The van der Waals surface area contributed by atoms with E-state index in [1.807, 2.05) is 0 Å². The summed E-state index contributed by atoms with van der Waals surface area (Å²) in [6, 6.07) is 0.486. The molecule has 88 valence electrons. The minimum absolute atomic E-state index is 0.168. The van der Waals surface area contributed by atoms with Crippen molar-refractivity contribution >= 4 is 0 Å². The molecular weight excluding hydrogens is 192 g/mol. The molecule has 4 heteroatoms. The fraction of sp³-hybridized carbons (Fsp3) is 1.00. The number of morpholine rings is 1. The molecule has 2 N–H and O–H groups in total. The van der Waals surface area contributed by atoms with Crippen LogP contribution in [-0.2, 0) is 9.47 Å². The molecule has 15 heavy (non-hydrogen) atoms. The summed E-state index contributed by atoms with van der Waals surface area (Å²) in [6.45, 7) is 7.35. The van der Waals surface area contributed by atoms with Crippen molar-refractivity contribution in [1.29, 1.82) is 0 Å². The predicted octanol–water partition coefficient (Wildman–Crippen LogP) is 0.215. The van der Waals surface area contributed by atoms with E-state index >= 15 is 0 Å². The molecule has 0 radical (unpaired) electrons. The second kappa shape index (κ2) is 4.78. The molecule has 0 aromatic rings. The molecule has 2 aliphatic rings. The minimum Gasteiger partial charge on any atom is -0.381 e. The van der Waals surface area contributed by atoms with Gasteiger partial charge in [0, 0.05) is 37.9 Å². The Labute approximate surface area is 91.7 Å². The lowest BCUT2D eigenvalue weighted by molar-refractivity contribution is -0.0933. The van der Waals surface area contributed by atoms with Crippen LogP contribution in [-0.4, -0.2) is 56.0 Å². The van der Waals surface area contributed by atoms with Gasteiger partial charge in [0.15, 0.2) is 0 Å². The molecule has 2 rings (SSSR count). The van der Waals surface area contributed by atoms with Gasteiger partial charge in [0.25, 0.3) is 0 Å². The third-order valence-corrected chi connectivity index (χ3v) is 3.78. The average Bonchev–Trinajstić information content (AvgIpc) is 2.30. The lowest BCUT2D eigenvalue weighted by atomic mass is 9.86. The molecular formula is C11H22N2O2. The van der Waals surface area contributed by atoms with Crippen molar-refractivity contribution in [2.45, 2.75) is 31.3 Å². The number of hydrogen-bond donors (Lipinski definition) is 1. The standard InChI is InChI=1S/C11H22N2O2/c1-10-8-15-7-4-13(10)11(9-12)2-5-14-6-3-11/h10H,2-9,12H2,1H3. The van der Waals surface area contributed by atoms with Gasteiger partial charge >= 0.3 is 0 Å². The summed E-state index contributed by atoms with van der Waals surface area (Å²) >= 11 is 0. The molecule has 2 aliphatic heterocycles. The molecule has 0 saturated carbocycles. The Hall–Kier alpha value is -0.160. The van der Waals surface area contributed by atoms with Crippen LogP contribution in [0.1, 0.15) is 19.8 Å². The molecule has 4 nitrogen and oxygen atoms in total. The molecule has 2 saturated heterocycles. The van der Waals surface area contributed by atoms with Gasteiger partial charge in [-0.05, 0) is 19.8 Å². The summed E-state index contributed by atoms with van der Waals surface area (Å²) in [5, 5.41) is 0. The maximum Gasteiger partial charge on any atom is 0.0620 e. The number of nitrogens with zero attached hydrogens (tertiary/aromatic N) is 1. The highest BCUT2D eigenvalue weighted by Gasteiger charge is 2.40. The van der Waals surface area contributed by atoms with Crippen molar-refractivity contribution in [2.24, 2.45) is 5.73 Å². The first-order valence-electron chi connectivity index (χ1n) is 5.91. The van der Waals surface area contributed by atoms with Gasteiger partial charge in [-0.2, -0.15) is 0 Å². The van der Waals surface area contributed by atoms with E-state index in [4.69, 9.17) is 15.2 Å². The Bertz CT molecular complexity index is 205. The quantitative estimate of drug-likeness (QED) is 0.714. The third kappa shape index (κ3) is 2.18. The second-order valence-electron chi connectivity index (χ2n) is 4.66. The zero-order valence-electron chi connectivity index (χ0n) is 9.58. The van der Waals surface area contributed by atoms with Crippen LogP contribution in [0.25, 0.3) is 0 Å². The molecule has 0 amide bonds. The molecule has 0 aliphatic carbocycles. The lowest BCUT2D eigenvalue weighted by Crippen LogP contribution is -2.62. The van der Waals surface area contributed by atoms with E-state index in [9.17, 15) is 0 Å². The first kappa shape index (κ1) is 11.3. The van der Waals surface area contributed by atoms with E-state index < -0.39 is 0 Å². The highest BCUT2D eigenvalue weighted by Crippen LogP contribution is 2.30. The number of ether oxygens (including phenoxy) is 2. The maximum atomic E-state index is 5.99. The average molecular weight is 214 g/mol. The molecule has 0 aromatic carbocycles. The normalized spacial score (nSPS) is 32.8. The van der Waals surface area contributed by atoms with Crippen molar-refractivity contribution < 1.29 is 9.47 Å². The van der Waals surface area contributed by atoms with Crippen LogP contribution in [0.5, 0.6) is 0 Å². The first-order valence-corrected chi connectivity index (χ1v) is 5.91. The summed E-state index contributed by atoms with van der Waals surface area (Å²) in [6.07, 6.45) is 2.13. The first-order chi connectivity index (χ1) is 7.28. The van der Waals surface area contributed by atoms with Crippen LogP contribution in [0, 0.1) is 0 Å². The predicted molar refractivity (Wildman–Crippen MR) is 58.8 cm³/mol. The summed E-state index contributed by atoms with van der Waals surface area (Å²) in [5.74, 6) is 0. The molecule has 0 bridgehead atoms. The Kier molecular flexibility index (Phi) is 3.61. The highest BCUT2D eigenvalue weighted by atomic mass is 16.5. The largest absolute Gasteiger partial charge is 0.381 e. The molecule has 2 heterocycles. The minimum atomic E-state index is 0.168. The Morgan fingerprint density at radius 1 is 1.27 bits per heavy atom. The number of rotatable bonds is 2. The molecule has 0 aromatic heterocycles. The third-order valence-electron chi connectivity index (χ3n) is 3.78. The van der Waals surface area contributed by atoms with Crippen molar-refractivity contribution in [1.82, 2.24) is 4.90 Å². The fourth-order valence-corrected chi connectivity index (χ4v) is 2.79. The fourth-order valence-electron chi connectivity index (χ4n) is 2.79. The SMILES string of the molecule is CC1COCCN1C1(CN)CCOCC1. The van der Waals surface area contributed by atoms with E-state index in [0.717, 1.165) is 52.4 Å². The van der Waals surface area contributed by atoms with Gasteiger partial charge in [-0.25, -0.2) is 0 Å². The van der Waals surface area contributed by atoms with Gasteiger partial charge in [0.1, 0.15) is 0 Å². The van der Waals surface area contributed by atoms with Crippen molar-refractivity contribution in [3.63, 3.8) is 0 Å². The monoisotopic (exact) mass is 214 g/mol. The Morgan fingerprint density at radius 2 is 2.00 bits per heavy atom. The maximum absolute atomic E-state index is 5.99. The van der Waals surface area contributed by atoms with Crippen LogP contribution in [0.3, 0.4) is 0 Å². The summed E-state index contributed by atoms with van der Waals surface area (Å²) in [5.41, 5.74) is 6.16. The summed E-state index contributed by atoms with van der Waals surface area (Å²) < 4.78 is 10.9. The van der Waals surface area contributed by atoms with Crippen LogP contribution in [0.2, 0.25) is 0 Å². The topological polar surface area (TPSA) is 47.7 Å². The zero-order valence-corrected chi connectivity index (χ0v) is 9.58. The summed E-state index contributed by atoms with van der Waals surface area (Å²) in [7, 11) is 0.